The van der Waals surface area contributed by atoms with Gasteiger partial charge in [-0.15, -0.1) is 0 Å². The van der Waals surface area contributed by atoms with E-state index in [4.69, 9.17) is 0 Å². The Labute approximate surface area is 106 Å². The fourth-order valence-electron chi connectivity index (χ4n) is 2.40. The highest BCUT2D eigenvalue weighted by Crippen LogP contribution is 2.22. The topological polar surface area (TPSA) is 20.2 Å². The summed E-state index contributed by atoms with van der Waals surface area (Å²) in [6.07, 6.45) is 7.24. The van der Waals surface area contributed by atoms with Gasteiger partial charge < -0.3 is 5.11 Å². The molecule has 3 heteroatoms. The zero-order valence-corrected chi connectivity index (χ0v) is 10.3. The molecule has 0 aromatic heterocycles. The van der Waals surface area contributed by atoms with Crippen LogP contribution in [0.2, 0.25) is 0 Å². The Morgan fingerprint density at radius 3 is 2.61 bits per heavy atom. The van der Waals surface area contributed by atoms with Gasteiger partial charge >= 0.3 is 0 Å². The Hall–Kier alpha value is -1.22. The molecule has 0 radical (unpaired) electrons. The number of halogens is 2. The summed E-state index contributed by atoms with van der Waals surface area (Å²) in [4.78, 5) is 0. The van der Waals surface area contributed by atoms with Crippen molar-refractivity contribution in [3.05, 3.63) is 47.0 Å². The lowest BCUT2D eigenvalue weighted by atomic mass is 9.93. The predicted molar refractivity (Wildman–Crippen MR) is 67.2 cm³/mol. The van der Waals surface area contributed by atoms with Crippen molar-refractivity contribution in [3.8, 4) is 0 Å². The first-order valence-electron chi connectivity index (χ1n) is 6.45. The molecule has 0 amide bonds. The summed E-state index contributed by atoms with van der Waals surface area (Å²) in [5, 5.41) is 9.96. The molecule has 1 aromatic rings. The number of aliphatic hydroxyl groups is 1. The minimum absolute atomic E-state index is 0.370. The Bertz CT molecular complexity index is 440. The first-order chi connectivity index (χ1) is 8.65. The summed E-state index contributed by atoms with van der Waals surface area (Å²) < 4.78 is 25.8. The number of allylic oxidation sites excluding steroid dienone is 1. The van der Waals surface area contributed by atoms with E-state index >= 15 is 0 Å². The van der Waals surface area contributed by atoms with Crippen molar-refractivity contribution < 1.29 is 13.9 Å². The Morgan fingerprint density at radius 2 is 1.94 bits per heavy atom. The molecule has 0 fully saturated rings. The summed E-state index contributed by atoms with van der Waals surface area (Å²) in [5.41, 5.74) is 1.93. The highest BCUT2D eigenvalue weighted by atomic mass is 19.2. The van der Waals surface area contributed by atoms with E-state index in [1.54, 1.807) is 0 Å². The van der Waals surface area contributed by atoms with Crippen LogP contribution in [0.5, 0.6) is 0 Å². The lowest BCUT2D eigenvalue weighted by Crippen LogP contribution is -2.12. The normalized spacial score (nSPS) is 17.4. The van der Waals surface area contributed by atoms with E-state index in [0.29, 0.717) is 18.4 Å². The zero-order chi connectivity index (χ0) is 13.0. The number of hydrogen-bond acceptors (Lipinski definition) is 1. The molecule has 1 unspecified atom stereocenters. The zero-order valence-electron chi connectivity index (χ0n) is 10.3. The molecule has 1 nitrogen and oxygen atoms in total. The standard InChI is InChI=1S/C15H18F2O/c16-14-7-6-12(10-15(14)17)9-13(18)8-11-4-2-1-3-5-11/h4,6-7,10,13,18H,1-3,5,8-9H2. The molecule has 0 saturated carbocycles. The molecule has 0 heterocycles. The average molecular weight is 252 g/mol. The Kier molecular flexibility index (Phi) is 4.48. The summed E-state index contributed by atoms with van der Waals surface area (Å²) in [5.74, 6) is -1.69. The van der Waals surface area contributed by atoms with Gasteiger partial charge in [0.2, 0.25) is 0 Å². The van der Waals surface area contributed by atoms with Crippen molar-refractivity contribution in [1.29, 1.82) is 0 Å². The molecule has 1 aliphatic carbocycles. The van der Waals surface area contributed by atoms with Gasteiger partial charge in [0.1, 0.15) is 0 Å². The lowest BCUT2D eigenvalue weighted by Gasteiger charge is -2.16. The van der Waals surface area contributed by atoms with Crippen LogP contribution in [0.3, 0.4) is 0 Å². The van der Waals surface area contributed by atoms with Gasteiger partial charge in [-0.1, -0.05) is 17.7 Å². The first kappa shape index (κ1) is 13.2. The lowest BCUT2D eigenvalue weighted by molar-refractivity contribution is 0.173. The second kappa shape index (κ2) is 6.10. The Balaban J connectivity index is 1.92. The van der Waals surface area contributed by atoms with Crippen LogP contribution in [0.25, 0.3) is 0 Å². The summed E-state index contributed by atoms with van der Waals surface area (Å²) in [6, 6.07) is 3.79. The van der Waals surface area contributed by atoms with Gasteiger partial charge in [-0.25, -0.2) is 8.78 Å². The smallest absolute Gasteiger partial charge is 0.159 e. The van der Waals surface area contributed by atoms with E-state index in [1.165, 1.54) is 24.5 Å². The van der Waals surface area contributed by atoms with Crippen molar-refractivity contribution in [1.82, 2.24) is 0 Å². The molecule has 0 bridgehead atoms. The van der Waals surface area contributed by atoms with Gasteiger partial charge in [0, 0.05) is 0 Å². The molecular weight excluding hydrogens is 234 g/mol. The molecular formula is C15H18F2O. The van der Waals surface area contributed by atoms with E-state index in [-0.39, 0.29) is 0 Å². The fourth-order valence-corrected chi connectivity index (χ4v) is 2.40. The van der Waals surface area contributed by atoms with Gasteiger partial charge in [0.25, 0.3) is 0 Å². The van der Waals surface area contributed by atoms with E-state index in [2.05, 4.69) is 6.08 Å². The Morgan fingerprint density at radius 1 is 1.11 bits per heavy atom. The van der Waals surface area contributed by atoms with Crippen LogP contribution in [0.4, 0.5) is 8.78 Å². The number of hydrogen-bond donors (Lipinski definition) is 1. The van der Waals surface area contributed by atoms with Crippen LogP contribution >= 0.6 is 0 Å². The molecule has 1 atom stereocenters. The van der Waals surface area contributed by atoms with Crippen LogP contribution in [-0.2, 0) is 6.42 Å². The maximum Gasteiger partial charge on any atom is 0.159 e. The molecule has 18 heavy (non-hydrogen) atoms. The maximum absolute atomic E-state index is 13.0. The van der Waals surface area contributed by atoms with Crippen molar-refractivity contribution in [2.45, 2.75) is 44.6 Å². The molecule has 0 saturated heterocycles. The maximum atomic E-state index is 13.0. The van der Waals surface area contributed by atoms with Gasteiger partial charge in [0.05, 0.1) is 6.10 Å². The number of benzene rings is 1. The first-order valence-corrected chi connectivity index (χ1v) is 6.45. The molecule has 1 N–H and O–H groups in total. The third-order valence-corrected chi connectivity index (χ3v) is 3.34. The monoisotopic (exact) mass is 252 g/mol. The van der Waals surface area contributed by atoms with E-state index in [9.17, 15) is 13.9 Å². The summed E-state index contributed by atoms with van der Waals surface area (Å²) in [7, 11) is 0. The van der Waals surface area contributed by atoms with Crippen LogP contribution in [0.15, 0.2) is 29.8 Å². The minimum atomic E-state index is -0.850. The summed E-state index contributed by atoms with van der Waals surface area (Å²) >= 11 is 0. The van der Waals surface area contributed by atoms with Gasteiger partial charge in [-0.2, -0.15) is 0 Å². The highest BCUT2D eigenvalue weighted by molar-refractivity contribution is 5.19. The second-order valence-electron chi connectivity index (χ2n) is 4.92. The SMILES string of the molecule is OC(CC1=CCCCC1)Cc1ccc(F)c(F)c1. The second-order valence-corrected chi connectivity index (χ2v) is 4.92. The average Bonchev–Trinajstić information content (AvgIpc) is 2.35. The van der Waals surface area contributed by atoms with E-state index in [1.807, 2.05) is 0 Å². The molecule has 0 spiro atoms. The molecule has 2 rings (SSSR count). The van der Waals surface area contributed by atoms with Gasteiger partial charge in [-0.05, 0) is 56.2 Å². The van der Waals surface area contributed by atoms with Crippen LogP contribution < -0.4 is 0 Å². The van der Waals surface area contributed by atoms with Gasteiger partial charge in [-0.3, -0.25) is 0 Å². The van der Waals surface area contributed by atoms with Crippen LogP contribution in [0.1, 0.15) is 37.7 Å². The largest absolute Gasteiger partial charge is 0.392 e. The molecule has 98 valence electrons. The van der Waals surface area contributed by atoms with Crippen molar-refractivity contribution in [3.63, 3.8) is 0 Å². The quantitative estimate of drug-likeness (QED) is 0.809. The number of rotatable bonds is 4. The molecule has 1 aliphatic rings. The third kappa shape index (κ3) is 3.64. The predicted octanol–water partition coefficient (Wildman–Crippen LogP) is 3.76. The molecule has 1 aromatic carbocycles. The van der Waals surface area contributed by atoms with Crippen LogP contribution in [0, 0.1) is 11.6 Å². The highest BCUT2D eigenvalue weighted by Gasteiger charge is 2.12. The molecule has 0 aliphatic heterocycles. The minimum Gasteiger partial charge on any atom is -0.392 e. The van der Waals surface area contributed by atoms with Crippen molar-refractivity contribution in [2.75, 3.05) is 0 Å². The van der Waals surface area contributed by atoms with Gasteiger partial charge in [0.15, 0.2) is 11.6 Å². The van der Waals surface area contributed by atoms with Crippen LogP contribution in [-0.4, -0.2) is 11.2 Å². The number of aliphatic hydroxyl groups excluding tert-OH is 1. The van der Waals surface area contributed by atoms with Crippen molar-refractivity contribution >= 4 is 0 Å². The fraction of sp³-hybridized carbons (Fsp3) is 0.467. The van der Waals surface area contributed by atoms with E-state index < -0.39 is 17.7 Å². The van der Waals surface area contributed by atoms with E-state index in [0.717, 1.165) is 25.0 Å². The third-order valence-electron chi connectivity index (χ3n) is 3.34. The summed E-state index contributed by atoms with van der Waals surface area (Å²) in [6.45, 7) is 0. The van der Waals surface area contributed by atoms with Crippen molar-refractivity contribution in [2.24, 2.45) is 0 Å².